The molecule has 2 heterocycles. The number of carbonyl (C=O) groups is 2. The fourth-order valence-corrected chi connectivity index (χ4v) is 10.4. The molecule has 0 aromatic carbocycles. The fraction of sp³-hybridized carbons (Fsp3) is 0.824. The van der Waals surface area contributed by atoms with Gasteiger partial charge in [0.05, 0.1) is 24.2 Å². The molecule has 18 heteroatoms. The summed E-state index contributed by atoms with van der Waals surface area (Å²) in [6.07, 6.45) is -9.35. The lowest BCUT2D eigenvalue weighted by Gasteiger charge is -2.63. The molecule has 16 nitrogen and oxygen atoms in total. The highest BCUT2D eigenvalue weighted by Gasteiger charge is 2.74. The van der Waals surface area contributed by atoms with E-state index in [-0.39, 0.29) is 53.0 Å². The monoisotopic (exact) mass is 776 g/mol. The lowest BCUT2D eigenvalue weighted by atomic mass is 9.45. The molecule has 52 heavy (non-hydrogen) atoms. The van der Waals surface area contributed by atoms with Crippen LogP contribution in [0.4, 0.5) is 0 Å². The molecular formula is C34H53ClMgO16. The van der Waals surface area contributed by atoms with Crippen molar-refractivity contribution in [2.75, 3.05) is 19.8 Å². The number of hydrogen-bond acceptors (Lipinski definition) is 16. The van der Waals surface area contributed by atoms with Crippen LogP contribution in [0.15, 0.2) is 23.8 Å². The van der Waals surface area contributed by atoms with Gasteiger partial charge < -0.3 is 70.4 Å². The quantitative estimate of drug-likeness (QED) is 0.0902. The predicted octanol–water partition coefficient (Wildman–Crippen LogP) is -4.15. The normalized spacial score (nSPS) is 51.1. The van der Waals surface area contributed by atoms with Crippen LogP contribution >= 0.6 is 11.6 Å². The van der Waals surface area contributed by atoms with Crippen molar-refractivity contribution in [2.24, 2.45) is 28.6 Å². The average Bonchev–Trinajstić information content (AvgIpc) is 3.30. The first-order chi connectivity index (χ1) is 23.8. The maximum Gasteiger partial charge on any atom is 0.316 e. The summed E-state index contributed by atoms with van der Waals surface area (Å²) in [5.74, 6) is -1.15. The Balaban J connectivity index is 0.000000233. The number of Topliss-reactive ketones (excluding diaryl/α,β-unsaturated/α-hetero) is 1. The minimum atomic E-state index is -1.74. The number of ether oxygens (including phenoxy) is 3. The Labute approximate surface area is 321 Å². The van der Waals surface area contributed by atoms with E-state index in [9.17, 15) is 60.7 Å². The van der Waals surface area contributed by atoms with Crippen molar-refractivity contribution >= 4 is 46.2 Å². The van der Waals surface area contributed by atoms with Crippen molar-refractivity contribution in [3.8, 4) is 0 Å². The molecule has 2 aliphatic heterocycles. The van der Waals surface area contributed by atoms with Gasteiger partial charge in [-0.3, -0.25) is 9.59 Å². The largest absolute Gasteiger partial charge is 0.394 e. The smallest absolute Gasteiger partial charge is 0.316 e. The molecule has 18 atom stereocenters. The average molecular weight is 778 g/mol. The zero-order valence-corrected chi connectivity index (χ0v) is 29.4. The first kappa shape index (κ1) is 44.0. The maximum atomic E-state index is 12.6. The third-order valence-electron chi connectivity index (χ3n) is 12.8. The predicted molar refractivity (Wildman–Crippen MR) is 182 cm³/mol. The van der Waals surface area contributed by atoms with Gasteiger partial charge >= 0.3 is 23.1 Å². The summed E-state index contributed by atoms with van der Waals surface area (Å²) in [6, 6.07) is 0. The molecule has 0 spiro atoms. The molecule has 0 amide bonds. The van der Waals surface area contributed by atoms with E-state index >= 15 is 0 Å². The van der Waals surface area contributed by atoms with Gasteiger partial charge in [0.15, 0.2) is 24.1 Å². The number of fused-ring (bicyclic) bond motifs is 5. The number of halogens is 1. The van der Waals surface area contributed by atoms with Gasteiger partial charge in [-0.25, -0.2) is 0 Å². The lowest BCUT2D eigenvalue weighted by molar-refractivity contribution is -0.355. The summed E-state index contributed by atoms with van der Waals surface area (Å²) >= 11 is 7.30. The van der Waals surface area contributed by atoms with Crippen molar-refractivity contribution in [1.82, 2.24) is 0 Å². The van der Waals surface area contributed by atoms with Crippen molar-refractivity contribution in [3.05, 3.63) is 23.8 Å². The van der Waals surface area contributed by atoms with Crippen LogP contribution in [-0.2, 0) is 23.8 Å². The van der Waals surface area contributed by atoms with Crippen molar-refractivity contribution in [2.45, 2.75) is 124 Å². The van der Waals surface area contributed by atoms with Crippen molar-refractivity contribution in [1.29, 1.82) is 0 Å². The van der Waals surface area contributed by atoms with Crippen LogP contribution in [0.25, 0.3) is 0 Å². The highest BCUT2D eigenvalue weighted by Crippen LogP contribution is 2.71. The molecule has 0 radical (unpaired) electrons. The molecule has 0 bridgehead atoms. The Morgan fingerprint density at radius 3 is 2.15 bits per heavy atom. The number of ketones is 2. The van der Waals surface area contributed by atoms with Gasteiger partial charge in [0.25, 0.3) is 0 Å². The molecule has 4 aliphatic carbocycles. The molecule has 6 aliphatic rings. The van der Waals surface area contributed by atoms with Crippen LogP contribution in [0.3, 0.4) is 0 Å². The van der Waals surface area contributed by atoms with E-state index in [4.69, 9.17) is 30.9 Å². The maximum absolute atomic E-state index is 12.6. The van der Waals surface area contributed by atoms with Crippen molar-refractivity contribution in [3.63, 3.8) is 0 Å². The Hall–Kier alpha value is -0.684. The number of rotatable bonds is 6. The second kappa shape index (κ2) is 16.1. The van der Waals surface area contributed by atoms with Gasteiger partial charge in [0.2, 0.25) is 0 Å². The minimum absolute atomic E-state index is 0. The number of aliphatic hydroxyl groups excluding tert-OH is 10. The van der Waals surface area contributed by atoms with Gasteiger partial charge in [0, 0.05) is 10.8 Å². The zero-order valence-electron chi connectivity index (χ0n) is 28.6. The lowest BCUT2D eigenvalue weighted by Crippen LogP contribution is -2.69. The van der Waals surface area contributed by atoms with E-state index in [1.54, 1.807) is 6.08 Å². The van der Waals surface area contributed by atoms with Crippen LogP contribution in [0.2, 0.25) is 0 Å². The van der Waals surface area contributed by atoms with E-state index in [0.29, 0.717) is 19.3 Å². The summed E-state index contributed by atoms with van der Waals surface area (Å²) in [5.41, 5.74) is -2.25. The Morgan fingerprint density at radius 1 is 0.923 bits per heavy atom. The number of allylic oxidation sites excluding steroid dienone is 4. The summed E-state index contributed by atoms with van der Waals surface area (Å²) in [5, 5.41) is 109. The number of alkyl halides is 1. The van der Waals surface area contributed by atoms with Crippen LogP contribution < -0.4 is 0 Å². The van der Waals surface area contributed by atoms with E-state index in [1.807, 2.05) is 26.8 Å². The molecule has 2 saturated heterocycles. The number of hydrogen-bond donors (Lipinski definition) is 11. The zero-order chi connectivity index (χ0) is 38.0. The summed E-state index contributed by atoms with van der Waals surface area (Å²) in [6.45, 7) is 3.63. The minimum Gasteiger partial charge on any atom is -0.394 e. The topological polar surface area (TPSA) is 284 Å². The summed E-state index contributed by atoms with van der Waals surface area (Å²) < 4.78 is 15.3. The molecule has 294 valence electrons. The Bertz CT molecular complexity index is 1380. The van der Waals surface area contributed by atoms with Crippen LogP contribution in [0, 0.1) is 28.6 Å². The van der Waals surface area contributed by atoms with Gasteiger partial charge in [-0.05, 0) is 55.6 Å². The first-order valence-electron chi connectivity index (χ1n) is 17.2. The van der Waals surface area contributed by atoms with E-state index in [1.165, 1.54) is 6.08 Å². The van der Waals surface area contributed by atoms with Crippen LogP contribution in [0.1, 0.15) is 46.5 Å². The van der Waals surface area contributed by atoms with Gasteiger partial charge in [-0.1, -0.05) is 32.4 Å². The molecule has 6 rings (SSSR count). The highest BCUT2D eigenvalue weighted by atomic mass is 35.5. The van der Waals surface area contributed by atoms with E-state index in [2.05, 4.69) is 0 Å². The van der Waals surface area contributed by atoms with E-state index in [0.717, 1.165) is 5.57 Å². The van der Waals surface area contributed by atoms with E-state index < -0.39 is 114 Å². The molecule has 3 saturated carbocycles. The molecule has 0 unspecified atom stereocenters. The van der Waals surface area contributed by atoms with Crippen LogP contribution in [-0.4, -0.2) is 189 Å². The second-order valence-electron chi connectivity index (χ2n) is 15.3. The Morgan fingerprint density at radius 2 is 1.56 bits per heavy atom. The van der Waals surface area contributed by atoms with Crippen LogP contribution in [0.5, 0.6) is 0 Å². The summed E-state index contributed by atoms with van der Waals surface area (Å²) in [7, 11) is 0. The number of aliphatic hydroxyl groups is 11. The second-order valence-corrected chi connectivity index (χ2v) is 15.9. The highest BCUT2D eigenvalue weighted by molar-refractivity contribution is 6.26. The first-order valence-corrected chi connectivity index (χ1v) is 17.6. The SMILES string of the molecule is C[C@H]1C[C@H]2[C@@H]3CCC4=CC(=O)C=C[C@]4(C)[C@@]3(Cl)[C@@H](O)C[C@]2(C)[C@@]1(O)C(=O)CO.OC[C@H]1O[C@@H](O[C@H]2[C@H](O)[C@@H](O)[C@H](O)O[C@@H]2CO)[C@H](O)[C@@H](O)[C@H]1O.[MgH2]. The Kier molecular flexibility index (Phi) is 13.6. The molecule has 5 fully saturated rings. The standard InChI is InChI=1S/C22H29ClO5.C12H22O11.Mg.2H/c1-12-8-16-15-5-4-13-9-14(25)6-7-19(13,2)21(15,23)17(26)10-20(16,3)22(12,28)18(27)11-24;13-1-3-5(15)6(16)9(19)12(22-3)23-10-4(2-14)21-11(20)8(18)7(10)17;;;/h6-7,9,12,15-17,24,26,28H,4-5,8,10-11H2,1-3H3;3-20H,1-2H2;;;/t12-,15-,16-,17-,19-,20-,21-,22-;3-,4-,5+,6+,7-,8-,9-,10-,11-,12+;;;/m01.../s1. The fourth-order valence-electron chi connectivity index (χ4n) is 9.83. The molecular weight excluding hydrogens is 724 g/mol. The van der Waals surface area contributed by atoms with Gasteiger partial charge in [-0.15, -0.1) is 11.6 Å². The molecule has 11 N–H and O–H groups in total. The third-order valence-corrected chi connectivity index (χ3v) is 13.7. The van der Waals surface area contributed by atoms with Gasteiger partial charge in [0.1, 0.15) is 61.0 Å². The third kappa shape index (κ3) is 6.68. The molecule has 0 aromatic heterocycles. The van der Waals surface area contributed by atoms with Gasteiger partial charge in [-0.2, -0.15) is 0 Å². The molecule has 0 aromatic rings. The van der Waals surface area contributed by atoms with Crippen molar-refractivity contribution < 1.29 is 80.0 Å². The summed E-state index contributed by atoms with van der Waals surface area (Å²) in [4.78, 5) is 23.5. The number of carbonyl (C=O) groups excluding carboxylic acids is 2.